The van der Waals surface area contributed by atoms with E-state index in [9.17, 15) is 18.0 Å². The SMILES string of the molecule is O=c1[nH]c2cc(C(F)(F)F)ccc2n1C1CCCSC1. The van der Waals surface area contributed by atoms with Crippen LogP contribution >= 0.6 is 11.8 Å². The smallest absolute Gasteiger partial charge is 0.306 e. The Morgan fingerprint density at radius 2 is 2.15 bits per heavy atom. The van der Waals surface area contributed by atoms with Crippen LogP contribution in [-0.2, 0) is 6.18 Å². The van der Waals surface area contributed by atoms with E-state index in [-0.39, 0.29) is 17.2 Å². The quantitative estimate of drug-likeness (QED) is 0.876. The van der Waals surface area contributed by atoms with Gasteiger partial charge in [0, 0.05) is 11.8 Å². The van der Waals surface area contributed by atoms with Gasteiger partial charge in [-0.15, -0.1) is 0 Å². The number of nitrogens with one attached hydrogen (secondary N) is 1. The third-order valence-corrected chi connectivity index (χ3v) is 4.74. The van der Waals surface area contributed by atoms with Crippen molar-refractivity contribution in [1.29, 1.82) is 0 Å². The molecule has 108 valence electrons. The first-order valence-corrected chi connectivity index (χ1v) is 7.51. The van der Waals surface area contributed by atoms with Gasteiger partial charge in [-0.1, -0.05) is 0 Å². The molecule has 0 bridgehead atoms. The Balaban J connectivity index is 2.10. The van der Waals surface area contributed by atoms with Crippen molar-refractivity contribution in [2.24, 2.45) is 0 Å². The van der Waals surface area contributed by atoms with Gasteiger partial charge in [0.05, 0.1) is 16.6 Å². The molecular formula is C13H13F3N2OS. The first kappa shape index (κ1) is 13.6. The molecule has 1 aliphatic heterocycles. The largest absolute Gasteiger partial charge is 0.416 e. The fraction of sp³-hybridized carbons (Fsp3) is 0.462. The molecule has 0 aliphatic carbocycles. The van der Waals surface area contributed by atoms with Gasteiger partial charge in [0.1, 0.15) is 0 Å². The Morgan fingerprint density at radius 1 is 1.35 bits per heavy atom. The maximum Gasteiger partial charge on any atom is 0.416 e. The average Bonchev–Trinajstić information content (AvgIpc) is 2.73. The molecule has 0 spiro atoms. The van der Waals surface area contributed by atoms with Gasteiger partial charge in [0.2, 0.25) is 0 Å². The predicted molar refractivity (Wildman–Crippen MR) is 73.2 cm³/mol. The van der Waals surface area contributed by atoms with E-state index < -0.39 is 11.7 Å². The van der Waals surface area contributed by atoms with Gasteiger partial charge >= 0.3 is 11.9 Å². The number of halogens is 3. The predicted octanol–water partition coefficient (Wildman–Crippen LogP) is 3.42. The zero-order valence-electron chi connectivity index (χ0n) is 10.5. The highest BCUT2D eigenvalue weighted by atomic mass is 32.2. The maximum absolute atomic E-state index is 12.7. The Morgan fingerprint density at radius 3 is 2.80 bits per heavy atom. The number of aromatic amines is 1. The fourth-order valence-electron chi connectivity index (χ4n) is 2.60. The van der Waals surface area contributed by atoms with E-state index >= 15 is 0 Å². The van der Waals surface area contributed by atoms with Crippen molar-refractivity contribution >= 4 is 22.8 Å². The molecule has 1 saturated heterocycles. The van der Waals surface area contributed by atoms with Crippen molar-refractivity contribution in [3.63, 3.8) is 0 Å². The first-order valence-electron chi connectivity index (χ1n) is 6.36. The summed E-state index contributed by atoms with van der Waals surface area (Å²) in [5.74, 6) is 1.90. The third kappa shape index (κ3) is 2.34. The van der Waals surface area contributed by atoms with Crippen molar-refractivity contribution in [2.45, 2.75) is 25.1 Å². The molecule has 1 atom stereocenters. The fourth-order valence-corrected chi connectivity index (χ4v) is 3.72. The minimum absolute atomic E-state index is 0.0618. The molecule has 0 amide bonds. The molecule has 1 N–H and O–H groups in total. The Kier molecular flexibility index (Phi) is 3.32. The van der Waals surface area contributed by atoms with E-state index in [0.717, 1.165) is 36.5 Å². The third-order valence-electron chi connectivity index (χ3n) is 3.55. The van der Waals surface area contributed by atoms with Crippen molar-refractivity contribution in [3.05, 3.63) is 34.2 Å². The summed E-state index contributed by atoms with van der Waals surface area (Å²) in [4.78, 5) is 14.6. The number of hydrogen-bond donors (Lipinski definition) is 1. The number of nitrogens with zero attached hydrogens (tertiary/aromatic N) is 1. The lowest BCUT2D eigenvalue weighted by molar-refractivity contribution is -0.137. The van der Waals surface area contributed by atoms with Crippen LogP contribution in [0, 0.1) is 0 Å². The van der Waals surface area contributed by atoms with Gasteiger partial charge in [-0.05, 0) is 36.8 Å². The van der Waals surface area contributed by atoms with E-state index in [1.165, 1.54) is 6.07 Å². The van der Waals surface area contributed by atoms with Crippen LogP contribution < -0.4 is 5.69 Å². The van der Waals surface area contributed by atoms with E-state index in [2.05, 4.69) is 4.98 Å². The highest BCUT2D eigenvalue weighted by molar-refractivity contribution is 7.99. The van der Waals surface area contributed by atoms with Crippen LogP contribution in [0.15, 0.2) is 23.0 Å². The summed E-state index contributed by atoms with van der Waals surface area (Å²) in [7, 11) is 0. The first-order chi connectivity index (χ1) is 9.47. The van der Waals surface area contributed by atoms with Gasteiger partial charge < -0.3 is 4.98 Å². The zero-order valence-corrected chi connectivity index (χ0v) is 11.4. The number of aromatic nitrogens is 2. The summed E-state index contributed by atoms with van der Waals surface area (Å²) in [6.07, 6.45) is -2.48. The van der Waals surface area contributed by atoms with Crippen LogP contribution in [0.1, 0.15) is 24.4 Å². The monoisotopic (exact) mass is 302 g/mol. The lowest BCUT2D eigenvalue weighted by Gasteiger charge is -2.22. The zero-order chi connectivity index (χ0) is 14.3. The summed E-state index contributed by atoms with van der Waals surface area (Å²) in [5, 5.41) is 0. The van der Waals surface area contributed by atoms with Crippen LogP contribution in [0.2, 0.25) is 0 Å². The number of H-pyrrole nitrogens is 1. The molecule has 7 heteroatoms. The summed E-state index contributed by atoms with van der Waals surface area (Å²) >= 11 is 1.77. The second kappa shape index (κ2) is 4.87. The Labute approximate surface area is 117 Å². The number of alkyl halides is 3. The van der Waals surface area contributed by atoms with Crippen LogP contribution in [0.3, 0.4) is 0 Å². The number of thioether (sulfide) groups is 1. The highest BCUT2D eigenvalue weighted by Gasteiger charge is 2.31. The summed E-state index contributed by atoms with van der Waals surface area (Å²) in [6, 6.07) is 3.48. The topological polar surface area (TPSA) is 37.8 Å². The number of benzene rings is 1. The molecule has 2 heterocycles. The molecular weight excluding hydrogens is 289 g/mol. The van der Waals surface area contributed by atoms with Crippen molar-refractivity contribution in [3.8, 4) is 0 Å². The Bertz CT molecular complexity index is 683. The van der Waals surface area contributed by atoms with Crippen molar-refractivity contribution < 1.29 is 13.2 Å². The summed E-state index contributed by atoms with van der Waals surface area (Å²) in [6.45, 7) is 0. The molecule has 1 fully saturated rings. The minimum Gasteiger partial charge on any atom is -0.306 e. The second-order valence-electron chi connectivity index (χ2n) is 4.90. The molecule has 0 radical (unpaired) electrons. The number of hydrogen-bond acceptors (Lipinski definition) is 2. The number of rotatable bonds is 1. The van der Waals surface area contributed by atoms with Gasteiger partial charge in [-0.25, -0.2) is 4.79 Å². The average molecular weight is 302 g/mol. The molecule has 0 saturated carbocycles. The van der Waals surface area contributed by atoms with Crippen LogP contribution in [0.5, 0.6) is 0 Å². The Hall–Kier alpha value is -1.37. The minimum atomic E-state index is -4.39. The van der Waals surface area contributed by atoms with Gasteiger partial charge in [-0.2, -0.15) is 24.9 Å². The lowest BCUT2D eigenvalue weighted by Crippen LogP contribution is -2.25. The molecule has 20 heavy (non-hydrogen) atoms. The standard InChI is InChI=1S/C13H13F3N2OS/c14-13(15,16)8-3-4-11-10(6-8)17-12(19)18(11)9-2-1-5-20-7-9/h3-4,6,9H,1-2,5,7H2,(H,17,19). The van der Waals surface area contributed by atoms with E-state index in [0.29, 0.717) is 5.52 Å². The summed E-state index contributed by atoms with van der Waals surface area (Å²) < 4.78 is 39.6. The van der Waals surface area contributed by atoms with Gasteiger partial charge in [0.25, 0.3) is 0 Å². The summed E-state index contributed by atoms with van der Waals surface area (Å²) in [5.41, 5.74) is -0.265. The maximum atomic E-state index is 12.7. The van der Waals surface area contributed by atoms with E-state index in [1.54, 1.807) is 16.3 Å². The molecule has 1 aromatic carbocycles. The lowest BCUT2D eigenvalue weighted by atomic mass is 10.1. The van der Waals surface area contributed by atoms with Gasteiger partial charge in [-0.3, -0.25) is 4.57 Å². The molecule has 2 aromatic rings. The van der Waals surface area contributed by atoms with E-state index in [1.807, 2.05) is 0 Å². The normalized spacial score (nSPS) is 20.4. The van der Waals surface area contributed by atoms with Crippen LogP contribution in [0.25, 0.3) is 11.0 Å². The molecule has 1 aliphatic rings. The van der Waals surface area contributed by atoms with E-state index in [4.69, 9.17) is 0 Å². The van der Waals surface area contributed by atoms with Crippen molar-refractivity contribution in [1.82, 2.24) is 9.55 Å². The molecule has 3 rings (SSSR count). The number of fused-ring (bicyclic) bond motifs is 1. The van der Waals surface area contributed by atoms with Gasteiger partial charge in [0.15, 0.2) is 0 Å². The second-order valence-corrected chi connectivity index (χ2v) is 6.05. The molecule has 1 aromatic heterocycles. The molecule has 1 unspecified atom stereocenters. The molecule has 3 nitrogen and oxygen atoms in total. The van der Waals surface area contributed by atoms with Crippen LogP contribution in [0.4, 0.5) is 13.2 Å². The number of imidazole rings is 1. The van der Waals surface area contributed by atoms with Crippen molar-refractivity contribution in [2.75, 3.05) is 11.5 Å². The van der Waals surface area contributed by atoms with Crippen LogP contribution in [-0.4, -0.2) is 21.1 Å². The highest BCUT2D eigenvalue weighted by Crippen LogP contribution is 2.32.